The first-order valence-electron chi connectivity index (χ1n) is 6.84. The molecule has 10 heteroatoms. The van der Waals surface area contributed by atoms with Crippen LogP contribution in [-0.4, -0.2) is 47.9 Å². The lowest BCUT2D eigenvalue weighted by atomic mass is 10.1. The van der Waals surface area contributed by atoms with Crippen LogP contribution in [0.5, 0.6) is 5.75 Å². The van der Waals surface area contributed by atoms with E-state index in [0.29, 0.717) is 25.2 Å². The summed E-state index contributed by atoms with van der Waals surface area (Å²) in [6, 6.07) is 4.78. The van der Waals surface area contributed by atoms with E-state index in [1.807, 2.05) is 0 Å². The van der Waals surface area contributed by atoms with E-state index in [4.69, 9.17) is 5.11 Å². The highest BCUT2D eigenvalue weighted by atomic mass is 35.5. The number of carbonyl (C=O) groups is 2. The predicted octanol–water partition coefficient (Wildman–Crippen LogP) is 2.35. The average Bonchev–Trinajstić information content (AvgIpc) is 2.88. The van der Waals surface area contributed by atoms with E-state index >= 15 is 0 Å². The maximum absolute atomic E-state index is 12.0. The number of carboxylic acids is 1. The van der Waals surface area contributed by atoms with Gasteiger partial charge < -0.3 is 15.2 Å². The molecule has 6 nitrogen and oxygen atoms in total. The van der Waals surface area contributed by atoms with Crippen molar-refractivity contribution in [3.63, 3.8) is 0 Å². The highest BCUT2D eigenvalue weighted by Crippen LogP contribution is 2.24. The fourth-order valence-corrected chi connectivity index (χ4v) is 2.32. The number of carbonyl (C=O) groups excluding carboxylic acids is 1. The molecule has 0 bridgehead atoms. The molecule has 24 heavy (non-hydrogen) atoms. The second kappa shape index (κ2) is 8.20. The Bertz CT molecular complexity index is 580. The van der Waals surface area contributed by atoms with Crippen LogP contribution < -0.4 is 10.1 Å². The first kappa shape index (κ1) is 20.0. The van der Waals surface area contributed by atoms with Crippen molar-refractivity contribution in [2.45, 2.75) is 12.8 Å². The van der Waals surface area contributed by atoms with E-state index < -0.39 is 18.2 Å². The van der Waals surface area contributed by atoms with E-state index in [9.17, 15) is 22.8 Å². The number of aliphatic carboxylic acids is 1. The SMILES string of the molecule is Cl.O=C(CN1CCC(C(=O)O)C1)Nc1ccc(OC(F)(F)F)cc1. The van der Waals surface area contributed by atoms with E-state index in [2.05, 4.69) is 10.1 Å². The molecule has 0 aromatic heterocycles. The maximum Gasteiger partial charge on any atom is 0.573 e. The lowest BCUT2D eigenvalue weighted by Gasteiger charge is -2.15. The smallest absolute Gasteiger partial charge is 0.481 e. The molecule has 1 aliphatic heterocycles. The van der Waals surface area contributed by atoms with Crippen molar-refractivity contribution in [2.24, 2.45) is 5.92 Å². The maximum atomic E-state index is 12.0. The summed E-state index contributed by atoms with van der Waals surface area (Å²) in [5, 5.41) is 11.4. The third kappa shape index (κ3) is 6.25. The Hall–Kier alpha value is -2.00. The molecule has 1 unspecified atom stereocenters. The number of hydrogen-bond acceptors (Lipinski definition) is 4. The number of hydrogen-bond donors (Lipinski definition) is 2. The Morgan fingerprint density at radius 1 is 1.29 bits per heavy atom. The number of alkyl halides is 3. The summed E-state index contributed by atoms with van der Waals surface area (Å²) in [5.74, 6) is -2.09. The fourth-order valence-electron chi connectivity index (χ4n) is 2.32. The number of halogens is 4. The van der Waals surface area contributed by atoms with Crippen molar-refractivity contribution >= 4 is 30.0 Å². The van der Waals surface area contributed by atoms with Gasteiger partial charge in [0.05, 0.1) is 12.5 Å². The summed E-state index contributed by atoms with van der Waals surface area (Å²) in [6.07, 6.45) is -4.27. The average molecular weight is 369 g/mol. The van der Waals surface area contributed by atoms with Crippen LogP contribution in [0.3, 0.4) is 0 Å². The molecule has 1 heterocycles. The first-order valence-corrected chi connectivity index (χ1v) is 6.84. The molecule has 1 saturated heterocycles. The van der Waals surface area contributed by atoms with Gasteiger partial charge in [-0.1, -0.05) is 0 Å². The predicted molar refractivity (Wildman–Crippen MR) is 81.2 cm³/mol. The van der Waals surface area contributed by atoms with Crippen LogP contribution in [0, 0.1) is 5.92 Å². The minimum absolute atomic E-state index is 0. The van der Waals surface area contributed by atoms with Gasteiger partial charge in [-0.3, -0.25) is 14.5 Å². The Balaban J connectivity index is 0.00000288. The highest BCUT2D eigenvalue weighted by Gasteiger charge is 2.31. The molecular weight excluding hydrogens is 353 g/mol. The second-order valence-corrected chi connectivity index (χ2v) is 5.18. The third-order valence-corrected chi connectivity index (χ3v) is 3.36. The number of anilines is 1. The van der Waals surface area contributed by atoms with Gasteiger partial charge in [-0.2, -0.15) is 0 Å². The van der Waals surface area contributed by atoms with Crippen molar-refractivity contribution in [2.75, 3.05) is 25.0 Å². The van der Waals surface area contributed by atoms with Gasteiger partial charge in [0.25, 0.3) is 0 Å². The van der Waals surface area contributed by atoms with Gasteiger partial charge in [0, 0.05) is 12.2 Å². The number of benzene rings is 1. The number of ether oxygens (including phenoxy) is 1. The van der Waals surface area contributed by atoms with Crippen LogP contribution in [0.4, 0.5) is 18.9 Å². The lowest BCUT2D eigenvalue weighted by Crippen LogP contribution is -2.32. The van der Waals surface area contributed by atoms with Crippen LogP contribution in [0.15, 0.2) is 24.3 Å². The van der Waals surface area contributed by atoms with Gasteiger partial charge in [0.2, 0.25) is 5.91 Å². The lowest BCUT2D eigenvalue weighted by molar-refractivity contribution is -0.274. The molecule has 134 valence electrons. The summed E-state index contributed by atoms with van der Waals surface area (Å²) < 4.78 is 39.8. The third-order valence-electron chi connectivity index (χ3n) is 3.36. The second-order valence-electron chi connectivity index (χ2n) is 5.18. The van der Waals surface area contributed by atoms with E-state index in [1.54, 1.807) is 4.90 Å². The number of carboxylic acid groups (broad SMARTS) is 1. The molecule has 2 N–H and O–H groups in total. The van der Waals surface area contributed by atoms with E-state index in [1.165, 1.54) is 12.1 Å². The summed E-state index contributed by atoms with van der Waals surface area (Å²) >= 11 is 0. The summed E-state index contributed by atoms with van der Waals surface area (Å²) in [7, 11) is 0. The van der Waals surface area contributed by atoms with Crippen LogP contribution in [0.25, 0.3) is 0 Å². The van der Waals surface area contributed by atoms with Gasteiger partial charge in [-0.05, 0) is 37.2 Å². The Labute approximate surface area is 142 Å². The summed E-state index contributed by atoms with van der Waals surface area (Å²) in [6.45, 7) is 0.856. The van der Waals surface area contributed by atoms with Crippen LogP contribution in [0.2, 0.25) is 0 Å². The van der Waals surface area contributed by atoms with Gasteiger partial charge >= 0.3 is 12.3 Å². The standard InChI is InChI=1S/C14H15F3N2O4.ClH/c15-14(16,17)23-11-3-1-10(2-4-11)18-12(20)8-19-6-5-9(7-19)13(21)22;/h1-4,9H,5-8H2,(H,18,20)(H,21,22);1H. The molecule has 1 atom stereocenters. The zero-order valence-corrected chi connectivity index (χ0v) is 13.2. The Morgan fingerprint density at radius 2 is 1.92 bits per heavy atom. The molecule has 0 aliphatic carbocycles. The summed E-state index contributed by atoms with van der Waals surface area (Å²) in [5.41, 5.74) is 0.332. The number of nitrogens with one attached hydrogen (secondary N) is 1. The van der Waals surface area contributed by atoms with Gasteiger partial charge in [-0.25, -0.2) is 0 Å². The molecule has 1 aromatic carbocycles. The molecule has 1 aliphatic rings. The minimum Gasteiger partial charge on any atom is -0.481 e. The molecule has 1 fully saturated rings. The number of likely N-dealkylation sites (tertiary alicyclic amines) is 1. The number of nitrogens with zero attached hydrogens (tertiary/aromatic N) is 1. The monoisotopic (exact) mass is 368 g/mol. The zero-order valence-electron chi connectivity index (χ0n) is 12.4. The Kier molecular flexibility index (Phi) is 6.85. The molecule has 0 saturated carbocycles. The van der Waals surface area contributed by atoms with E-state index in [0.717, 1.165) is 12.1 Å². The van der Waals surface area contributed by atoms with E-state index in [-0.39, 0.29) is 30.6 Å². The van der Waals surface area contributed by atoms with Crippen LogP contribution >= 0.6 is 12.4 Å². The Morgan fingerprint density at radius 3 is 2.42 bits per heavy atom. The first-order chi connectivity index (χ1) is 10.7. The quantitative estimate of drug-likeness (QED) is 0.834. The topological polar surface area (TPSA) is 78.9 Å². The normalized spacial score (nSPS) is 17.9. The fraction of sp³-hybridized carbons (Fsp3) is 0.429. The van der Waals surface area contributed by atoms with Crippen LogP contribution in [0.1, 0.15) is 6.42 Å². The molecular formula is C14H16ClF3N2O4. The highest BCUT2D eigenvalue weighted by molar-refractivity contribution is 5.92. The van der Waals surface area contributed by atoms with Crippen LogP contribution in [-0.2, 0) is 9.59 Å². The van der Waals surface area contributed by atoms with Gasteiger partial charge in [0.1, 0.15) is 5.75 Å². The molecule has 2 rings (SSSR count). The zero-order chi connectivity index (χ0) is 17.0. The number of amides is 1. The van der Waals surface area contributed by atoms with Crippen molar-refractivity contribution in [1.82, 2.24) is 4.90 Å². The summed E-state index contributed by atoms with van der Waals surface area (Å²) in [4.78, 5) is 24.4. The molecule has 1 aromatic rings. The van der Waals surface area contributed by atoms with Gasteiger partial charge in [0.15, 0.2) is 0 Å². The van der Waals surface area contributed by atoms with Crippen molar-refractivity contribution < 1.29 is 32.6 Å². The number of rotatable bonds is 5. The van der Waals surface area contributed by atoms with Crippen molar-refractivity contribution in [1.29, 1.82) is 0 Å². The molecule has 0 spiro atoms. The molecule has 1 amide bonds. The largest absolute Gasteiger partial charge is 0.573 e. The van der Waals surface area contributed by atoms with Crippen molar-refractivity contribution in [3.8, 4) is 5.75 Å². The minimum atomic E-state index is -4.76. The van der Waals surface area contributed by atoms with Crippen molar-refractivity contribution in [3.05, 3.63) is 24.3 Å². The molecule has 0 radical (unpaired) electrons. The van der Waals surface area contributed by atoms with Gasteiger partial charge in [-0.15, -0.1) is 25.6 Å².